The Morgan fingerprint density at radius 1 is 1.00 bits per heavy atom. The largest absolute Gasteiger partial charge is 0.358 e. The summed E-state index contributed by atoms with van der Waals surface area (Å²) in [5, 5.41) is 0. The lowest BCUT2D eigenvalue weighted by atomic mass is 9.99. The fourth-order valence-corrected chi connectivity index (χ4v) is 2.84. The number of fused-ring (bicyclic) bond motifs is 1. The van der Waals surface area contributed by atoms with Gasteiger partial charge in [0.2, 0.25) is 0 Å². The van der Waals surface area contributed by atoms with Gasteiger partial charge >= 0.3 is 0 Å². The van der Waals surface area contributed by atoms with Gasteiger partial charge in [0.25, 0.3) is 0 Å². The highest BCUT2D eigenvalue weighted by molar-refractivity contribution is 7.80. The predicted molar refractivity (Wildman–Crippen MR) is 83.4 cm³/mol. The van der Waals surface area contributed by atoms with Crippen LogP contribution in [-0.2, 0) is 13.0 Å². The number of thiocarbonyl (C=S) groups is 1. The van der Waals surface area contributed by atoms with Crippen molar-refractivity contribution < 1.29 is 0 Å². The molecule has 1 aliphatic rings. The van der Waals surface area contributed by atoms with E-state index in [1.54, 1.807) is 0 Å². The van der Waals surface area contributed by atoms with E-state index in [0.717, 1.165) is 30.1 Å². The lowest BCUT2D eigenvalue weighted by molar-refractivity contribution is 0.401. The second-order valence-electron chi connectivity index (χ2n) is 5.11. The van der Waals surface area contributed by atoms with Gasteiger partial charge in [0, 0.05) is 18.7 Å². The molecule has 2 heteroatoms. The summed E-state index contributed by atoms with van der Waals surface area (Å²) < 4.78 is 0. The number of nitrogens with zero attached hydrogens (tertiary/aromatic N) is 1. The fourth-order valence-electron chi connectivity index (χ4n) is 2.55. The third kappa shape index (κ3) is 2.54. The van der Waals surface area contributed by atoms with Crippen LogP contribution in [0.5, 0.6) is 0 Å². The Kier molecular flexibility index (Phi) is 3.34. The number of aryl methyl sites for hydroxylation is 1. The van der Waals surface area contributed by atoms with Crippen LogP contribution in [0.15, 0.2) is 48.5 Å². The van der Waals surface area contributed by atoms with Crippen molar-refractivity contribution in [2.75, 3.05) is 6.54 Å². The standard InChI is InChI=1S/C17H17NS/c1-13-6-8-15(9-7-13)17(19)18-11-10-14-4-2-3-5-16(14)12-18/h2-9H,10-12H2,1H3. The summed E-state index contributed by atoms with van der Waals surface area (Å²) in [7, 11) is 0. The van der Waals surface area contributed by atoms with Crippen molar-refractivity contribution in [3.05, 3.63) is 70.8 Å². The number of rotatable bonds is 1. The van der Waals surface area contributed by atoms with E-state index in [1.807, 2.05) is 0 Å². The van der Waals surface area contributed by atoms with E-state index in [1.165, 1.54) is 16.7 Å². The molecule has 96 valence electrons. The van der Waals surface area contributed by atoms with E-state index in [-0.39, 0.29) is 0 Å². The van der Waals surface area contributed by atoms with E-state index in [0.29, 0.717) is 0 Å². The average molecular weight is 267 g/mol. The summed E-state index contributed by atoms with van der Waals surface area (Å²) in [5.41, 5.74) is 5.30. The highest BCUT2D eigenvalue weighted by atomic mass is 32.1. The Hall–Kier alpha value is -1.67. The summed E-state index contributed by atoms with van der Waals surface area (Å²) in [4.78, 5) is 3.28. The van der Waals surface area contributed by atoms with Crippen molar-refractivity contribution in [3.8, 4) is 0 Å². The van der Waals surface area contributed by atoms with Crippen molar-refractivity contribution in [1.82, 2.24) is 4.90 Å². The van der Waals surface area contributed by atoms with Crippen molar-refractivity contribution in [2.24, 2.45) is 0 Å². The maximum atomic E-state index is 5.64. The second-order valence-corrected chi connectivity index (χ2v) is 5.50. The quantitative estimate of drug-likeness (QED) is 0.724. The smallest absolute Gasteiger partial charge is 0.109 e. The SMILES string of the molecule is Cc1ccc(C(=S)N2CCc3ccccc3C2)cc1. The zero-order valence-electron chi connectivity index (χ0n) is 11.1. The molecule has 0 saturated carbocycles. The lowest BCUT2D eigenvalue weighted by Crippen LogP contribution is -2.35. The fraction of sp³-hybridized carbons (Fsp3) is 0.235. The van der Waals surface area contributed by atoms with Crippen LogP contribution in [0, 0.1) is 6.92 Å². The Morgan fingerprint density at radius 2 is 1.68 bits per heavy atom. The van der Waals surface area contributed by atoms with E-state index >= 15 is 0 Å². The van der Waals surface area contributed by atoms with Crippen molar-refractivity contribution in [1.29, 1.82) is 0 Å². The summed E-state index contributed by atoms with van der Waals surface area (Å²) in [6.45, 7) is 4.05. The maximum absolute atomic E-state index is 5.64. The molecule has 0 aromatic heterocycles. The highest BCUT2D eigenvalue weighted by Crippen LogP contribution is 2.20. The second kappa shape index (κ2) is 5.14. The molecule has 1 nitrogen and oxygen atoms in total. The van der Waals surface area contributed by atoms with Gasteiger partial charge in [-0.15, -0.1) is 0 Å². The van der Waals surface area contributed by atoms with E-state index in [4.69, 9.17) is 12.2 Å². The van der Waals surface area contributed by atoms with Gasteiger partial charge in [-0.3, -0.25) is 0 Å². The third-order valence-corrected chi connectivity index (χ3v) is 4.21. The van der Waals surface area contributed by atoms with Gasteiger partial charge in [-0.25, -0.2) is 0 Å². The van der Waals surface area contributed by atoms with Crippen LogP contribution >= 0.6 is 12.2 Å². The Labute approximate surface area is 119 Å². The number of hydrogen-bond donors (Lipinski definition) is 0. The summed E-state index contributed by atoms with van der Waals surface area (Å²) in [5.74, 6) is 0. The van der Waals surface area contributed by atoms with Crippen molar-refractivity contribution in [2.45, 2.75) is 19.9 Å². The van der Waals surface area contributed by atoms with Gasteiger partial charge in [-0.1, -0.05) is 66.3 Å². The molecule has 2 aromatic carbocycles. The van der Waals surface area contributed by atoms with Gasteiger partial charge in [-0.2, -0.15) is 0 Å². The number of hydrogen-bond acceptors (Lipinski definition) is 1. The molecule has 0 saturated heterocycles. The normalized spacial score (nSPS) is 14.1. The first kappa shape index (κ1) is 12.4. The molecule has 0 atom stereocenters. The molecule has 1 aliphatic heterocycles. The van der Waals surface area contributed by atoms with Gasteiger partial charge < -0.3 is 4.90 Å². The zero-order chi connectivity index (χ0) is 13.2. The van der Waals surface area contributed by atoms with Crippen molar-refractivity contribution >= 4 is 17.2 Å². The summed E-state index contributed by atoms with van der Waals surface area (Å²) in [6.07, 6.45) is 1.09. The first-order chi connectivity index (χ1) is 9.24. The molecule has 19 heavy (non-hydrogen) atoms. The highest BCUT2D eigenvalue weighted by Gasteiger charge is 2.18. The van der Waals surface area contributed by atoms with E-state index in [9.17, 15) is 0 Å². The van der Waals surface area contributed by atoms with Gasteiger partial charge in [0.05, 0.1) is 0 Å². The molecule has 0 unspecified atom stereocenters. The van der Waals surface area contributed by atoms with E-state index < -0.39 is 0 Å². The first-order valence-electron chi connectivity index (χ1n) is 6.67. The average Bonchev–Trinajstić information content (AvgIpc) is 2.47. The molecule has 3 rings (SSSR count). The minimum absolute atomic E-state index is 0.933. The molecule has 0 aliphatic carbocycles. The lowest BCUT2D eigenvalue weighted by Gasteiger charge is -2.31. The van der Waals surface area contributed by atoms with Gasteiger partial charge in [0.1, 0.15) is 4.99 Å². The van der Waals surface area contributed by atoms with Crippen LogP contribution in [0.3, 0.4) is 0 Å². The predicted octanol–water partition coefficient (Wildman–Crippen LogP) is 3.73. The molecule has 2 aromatic rings. The molecule has 0 bridgehead atoms. The van der Waals surface area contributed by atoms with E-state index in [2.05, 4.69) is 60.4 Å². The topological polar surface area (TPSA) is 3.24 Å². The zero-order valence-corrected chi connectivity index (χ0v) is 11.9. The summed E-state index contributed by atoms with van der Waals surface area (Å²) >= 11 is 5.64. The molecule has 0 spiro atoms. The molecule has 0 radical (unpaired) electrons. The molecule has 0 N–H and O–H groups in total. The monoisotopic (exact) mass is 267 g/mol. The molecular weight excluding hydrogens is 250 g/mol. The maximum Gasteiger partial charge on any atom is 0.109 e. The summed E-state index contributed by atoms with van der Waals surface area (Å²) in [6, 6.07) is 17.2. The third-order valence-electron chi connectivity index (χ3n) is 3.72. The van der Waals surface area contributed by atoms with Crippen LogP contribution in [0.2, 0.25) is 0 Å². The number of benzene rings is 2. The van der Waals surface area contributed by atoms with Crippen LogP contribution in [0.25, 0.3) is 0 Å². The van der Waals surface area contributed by atoms with Crippen molar-refractivity contribution in [3.63, 3.8) is 0 Å². The van der Waals surface area contributed by atoms with Crippen LogP contribution in [-0.4, -0.2) is 16.4 Å². The Morgan fingerprint density at radius 3 is 2.42 bits per heavy atom. The minimum atomic E-state index is 0.933. The minimum Gasteiger partial charge on any atom is -0.358 e. The molecule has 1 heterocycles. The van der Waals surface area contributed by atoms with Crippen LogP contribution in [0.1, 0.15) is 22.3 Å². The van der Waals surface area contributed by atoms with Crippen LogP contribution in [0.4, 0.5) is 0 Å². The Bertz CT molecular complexity index is 601. The van der Waals surface area contributed by atoms with Crippen LogP contribution < -0.4 is 0 Å². The molecule has 0 fully saturated rings. The van der Waals surface area contributed by atoms with Gasteiger partial charge in [-0.05, 0) is 24.5 Å². The molecule has 0 amide bonds. The Balaban J connectivity index is 1.81. The molecular formula is C17H17NS. The first-order valence-corrected chi connectivity index (χ1v) is 7.07. The van der Waals surface area contributed by atoms with Gasteiger partial charge in [0.15, 0.2) is 0 Å².